The van der Waals surface area contributed by atoms with Gasteiger partial charge in [-0.3, -0.25) is 4.79 Å². The van der Waals surface area contributed by atoms with E-state index in [9.17, 15) is 4.79 Å². The highest BCUT2D eigenvalue weighted by Crippen LogP contribution is 2.24. The smallest absolute Gasteiger partial charge is 0.253 e. The summed E-state index contributed by atoms with van der Waals surface area (Å²) in [5.74, 6) is -0.0433. The molecule has 0 saturated heterocycles. The summed E-state index contributed by atoms with van der Waals surface area (Å²) in [6, 6.07) is 5.43. The average molecular weight is 265 g/mol. The van der Waals surface area contributed by atoms with Crippen LogP contribution in [0.3, 0.4) is 0 Å². The molecule has 0 saturated carbocycles. The maximum atomic E-state index is 11.9. The number of carbonyl (C=O) groups is 1. The Kier molecular flexibility index (Phi) is 5.63. The number of likely N-dealkylation sites (N-methyl/N-ethyl adjacent to an activating group) is 1. The van der Waals surface area contributed by atoms with Gasteiger partial charge in [0.25, 0.3) is 5.91 Å². The van der Waals surface area contributed by atoms with E-state index in [-0.39, 0.29) is 5.91 Å². The lowest BCUT2D eigenvalue weighted by Crippen LogP contribution is -2.28. The number of ether oxygens (including phenoxy) is 1. The zero-order valence-corrected chi connectivity index (χ0v) is 12.1. The molecule has 0 heterocycles. The molecule has 0 atom stereocenters. The predicted molar refractivity (Wildman–Crippen MR) is 78.6 cm³/mol. The van der Waals surface area contributed by atoms with Crippen molar-refractivity contribution >= 4 is 17.3 Å². The number of methoxy groups -OCH3 is 1. The number of carbonyl (C=O) groups excluding carboxylic acids is 1. The Labute approximate surface area is 114 Å². The molecular weight excluding hydrogens is 242 g/mol. The van der Waals surface area contributed by atoms with E-state index in [0.717, 1.165) is 18.8 Å². The van der Waals surface area contributed by atoms with Crippen LogP contribution in [0.1, 0.15) is 17.3 Å². The molecule has 0 spiro atoms. The monoisotopic (exact) mass is 265 g/mol. The lowest BCUT2D eigenvalue weighted by Gasteiger charge is -2.24. The molecule has 5 nitrogen and oxygen atoms in total. The second-order valence-electron chi connectivity index (χ2n) is 4.55. The van der Waals surface area contributed by atoms with Gasteiger partial charge in [-0.2, -0.15) is 0 Å². The van der Waals surface area contributed by atoms with Crippen LogP contribution in [0, 0.1) is 0 Å². The van der Waals surface area contributed by atoms with Gasteiger partial charge >= 0.3 is 0 Å². The van der Waals surface area contributed by atoms with Crippen molar-refractivity contribution in [3.63, 3.8) is 0 Å². The van der Waals surface area contributed by atoms with Crippen LogP contribution in [0.5, 0.6) is 0 Å². The third-order valence-electron chi connectivity index (χ3n) is 2.97. The first-order chi connectivity index (χ1) is 9.01. The zero-order chi connectivity index (χ0) is 14.4. The Hall–Kier alpha value is -1.75. The van der Waals surface area contributed by atoms with Crippen molar-refractivity contribution in [1.29, 1.82) is 0 Å². The molecule has 5 heteroatoms. The zero-order valence-electron chi connectivity index (χ0n) is 12.1. The summed E-state index contributed by atoms with van der Waals surface area (Å²) in [6.07, 6.45) is 0. The van der Waals surface area contributed by atoms with E-state index in [1.54, 1.807) is 27.3 Å². The van der Waals surface area contributed by atoms with E-state index >= 15 is 0 Å². The van der Waals surface area contributed by atoms with Gasteiger partial charge in [0.15, 0.2) is 0 Å². The van der Waals surface area contributed by atoms with E-state index in [4.69, 9.17) is 10.5 Å². The third kappa shape index (κ3) is 3.86. The number of nitrogen functional groups attached to an aromatic ring is 1. The van der Waals surface area contributed by atoms with Crippen LogP contribution < -0.4 is 10.6 Å². The summed E-state index contributed by atoms with van der Waals surface area (Å²) in [5.41, 5.74) is 8.22. The molecule has 0 aliphatic carbocycles. The van der Waals surface area contributed by atoms with Crippen LogP contribution >= 0.6 is 0 Å². The SMILES string of the molecule is CCN(CCOC)c1ccc(C(=O)N(C)C)cc1N. The maximum Gasteiger partial charge on any atom is 0.253 e. The fourth-order valence-corrected chi connectivity index (χ4v) is 1.88. The second-order valence-corrected chi connectivity index (χ2v) is 4.55. The highest BCUT2D eigenvalue weighted by Gasteiger charge is 2.12. The van der Waals surface area contributed by atoms with Crippen molar-refractivity contribution in [3.05, 3.63) is 23.8 Å². The van der Waals surface area contributed by atoms with Crippen LogP contribution in [0.15, 0.2) is 18.2 Å². The van der Waals surface area contributed by atoms with E-state index in [0.29, 0.717) is 17.9 Å². The second kappa shape index (κ2) is 6.99. The minimum atomic E-state index is -0.0433. The molecule has 0 fully saturated rings. The fourth-order valence-electron chi connectivity index (χ4n) is 1.88. The van der Waals surface area contributed by atoms with Crippen LogP contribution in [0.4, 0.5) is 11.4 Å². The lowest BCUT2D eigenvalue weighted by molar-refractivity contribution is 0.0827. The molecule has 1 aromatic rings. The van der Waals surface area contributed by atoms with Gasteiger partial charge in [0.05, 0.1) is 18.0 Å². The summed E-state index contributed by atoms with van der Waals surface area (Å²) >= 11 is 0. The standard InChI is InChI=1S/C14H23N3O2/c1-5-17(8-9-19-4)13-7-6-11(10-12(13)15)14(18)16(2)3/h6-7,10H,5,8-9,15H2,1-4H3. The van der Waals surface area contributed by atoms with Crippen molar-refractivity contribution < 1.29 is 9.53 Å². The summed E-state index contributed by atoms with van der Waals surface area (Å²) in [7, 11) is 5.13. The van der Waals surface area contributed by atoms with Gasteiger partial charge < -0.3 is 20.3 Å². The Bertz CT molecular complexity index is 433. The molecule has 0 aromatic heterocycles. The molecule has 1 aromatic carbocycles. The first-order valence-corrected chi connectivity index (χ1v) is 6.36. The Morgan fingerprint density at radius 2 is 2.05 bits per heavy atom. The molecule has 0 aliphatic rings. The number of rotatable bonds is 6. The van der Waals surface area contributed by atoms with Crippen LogP contribution in [-0.4, -0.2) is 51.7 Å². The molecule has 106 valence electrons. The van der Waals surface area contributed by atoms with Gasteiger partial charge in [-0.1, -0.05) is 0 Å². The van der Waals surface area contributed by atoms with Gasteiger partial charge in [0, 0.05) is 39.9 Å². The molecule has 1 amide bonds. The van der Waals surface area contributed by atoms with E-state index in [1.807, 2.05) is 12.1 Å². The number of hydrogen-bond acceptors (Lipinski definition) is 4. The predicted octanol–water partition coefficient (Wildman–Crippen LogP) is 1.44. The van der Waals surface area contributed by atoms with Crippen molar-refractivity contribution in [2.24, 2.45) is 0 Å². The number of nitrogens with zero attached hydrogens (tertiary/aromatic N) is 2. The highest BCUT2D eigenvalue weighted by atomic mass is 16.5. The first kappa shape index (κ1) is 15.3. The number of amides is 1. The molecule has 2 N–H and O–H groups in total. The number of nitrogens with two attached hydrogens (primary N) is 1. The highest BCUT2D eigenvalue weighted by molar-refractivity contribution is 5.95. The topological polar surface area (TPSA) is 58.8 Å². The van der Waals surface area contributed by atoms with Gasteiger partial charge in [0.1, 0.15) is 0 Å². The Morgan fingerprint density at radius 3 is 2.53 bits per heavy atom. The molecule has 0 bridgehead atoms. The van der Waals surface area contributed by atoms with Crippen LogP contribution in [-0.2, 0) is 4.74 Å². The van der Waals surface area contributed by atoms with Gasteiger partial charge in [0.2, 0.25) is 0 Å². The molecule has 0 aliphatic heterocycles. The Balaban J connectivity index is 2.95. The molecule has 1 rings (SSSR count). The van der Waals surface area contributed by atoms with Crippen LogP contribution in [0.25, 0.3) is 0 Å². The van der Waals surface area contributed by atoms with Crippen molar-refractivity contribution in [2.45, 2.75) is 6.92 Å². The minimum absolute atomic E-state index is 0.0433. The number of benzene rings is 1. The van der Waals surface area contributed by atoms with Gasteiger partial charge in [-0.25, -0.2) is 0 Å². The lowest BCUT2D eigenvalue weighted by atomic mass is 10.1. The summed E-state index contributed by atoms with van der Waals surface area (Å²) < 4.78 is 5.09. The van der Waals surface area contributed by atoms with E-state index in [1.165, 1.54) is 4.90 Å². The summed E-state index contributed by atoms with van der Waals surface area (Å²) in [6.45, 7) is 4.33. The number of anilines is 2. The van der Waals surface area contributed by atoms with Crippen LogP contribution in [0.2, 0.25) is 0 Å². The fraction of sp³-hybridized carbons (Fsp3) is 0.500. The maximum absolute atomic E-state index is 11.9. The van der Waals surface area contributed by atoms with Gasteiger partial charge in [-0.15, -0.1) is 0 Å². The summed E-state index contributed by atoms with van der Waals surface area (Å²) in [4.78, 5) is 15.5. The van der Waals surface area contributed by atoms with E-state index in [2.05, 4.69) is 11.8 Å². The average Bonchev–Trinajstić information content (AvgIpc) is 2.39. The molecule has 19 heavy (non-hydrogen) atoms. The normalized spacial score (nSPS) is 10.3. The first-order valence-electron chi connectivity index (χ1n) is 6.36. The molecule has 0 unspecified atom stereocenters. The third-order valence-corrected chi connectivity index (χ3v) is 2.97. The van der Waals surface area contributed by atoms with Crippen molar-refractivity contribution in [1.82, 2.24) is 4.90 Å². The Morgan fingerprint density at radius 1 is 1.37 bits per heavy atom. The quantitative estimate of drug-likeness (QED) is 0.791. The van der Waals surface area contributed by atoms with E-state index < -0.39 is 0 Å². The van der Waals surface area contributed by atoms with Gasteiger partial charge in [-0.05, 0) is 25.1 Å². The summed E-state index contributed by atoms with van der Waals surface area (Å²) in [5, 5.41) is 0. The number of hydrogen-bond donors (Lipinski definition) is 1. The minimum Gasteiger partial charge on any atom is -0.397 e. The van der Waals surface area contributed by atoms with Crippen molar-refractivity contribution in [3.8, 4) is 0 Å². The largest absolute Gasteiger partial charge is 0.397 e. The molecular formula is C14H23N3O2. The van der Waals surface area contributed by atoms with Crippen molar-refractivity contribution in [2.75, 3.05) is 51.5 Å². The molecule has 0 radical (unpaired) electrons.